The Morgan fingerprint density at radius 1 is 0.707 bits per heavy atom. The van der Waals surface area contributed by atoms with Gasteiger partial charge >= 0.3 is 0 Å². The van der Waals surface area contributed by atoms with Gasteiger partial charge in [-0.25, -0.2) is 0 Å². The minimum atomic E-state index is -1.80. The van der Waals surface area contributed by atoms with Gasteiger partial charge in [-0.1, -0.05) is 27.7 Å². The highest BCUT2D eigenvalue weighted by Crippen LogP contribution is 2.72. The molecule has 3 saturated heterocycles. The number of rotatable bonds is 11. The average Bonchev–Trinajstić information content (AvgIpc) is 3.67. The zero-order valence-corrected chi connectivity index (χ0v) is 34.0. The monoisotopic (exact) mass is 836 g/mol. The van der Waals surface area contributed by atoms with Crippen molar-refractivity contribution in [3.63, 3.8) is 0 Å². The molecule has 7 rings (SSSR count). The van der Waals surface area contributed by atoms with Crippen molar-refractivity contribution >= 4 is 0 Å². The molecule has 4 saturated carbocycles. The molecule has 25 atom stereocenters. The third-order valence-electron chi connectivity index (χ3n) is 16.6. The van der Waals surface area contributed by atoms with E-state index in [-0.39, 0.29) is 60.1 Å². The fourth-order valence-electron chi connectivity index (χ4n) is 13.3. The van der Waals surface area contributed by atoms with Crippen molar-refractivity contribution < 1.29 is 89.7 Å². The highest BCUT2D eigenvalue weighted by atomic mass is 16.7. The van der Waals surface area contributed by atoms with Gasteiger partial charge in [-0.05, 0) is 73.5 Å². The summed E-state index contributed by atoms with van der Waals surface area (Å²) in [7, 11) is 1.65. The quantitative estimate of drug-likeness (QED) is 0.0928. The van der Waals surface area contributed by atoms with Crippen LogP contribution in [-0.2, 0) is 28.4 Å². The molecule has 7 fully saturated rings. The number of hydrogen-bond donors (Lipinski definition) is 12. The molecule has 0 aromatic heterocycles. The average molecular weight is 837 g/mol. The topological polar surface area (TPSA) is 298 Å². The van der Waals surface area contributed by atoms with Gasteiger partial charge in [-0.3, -0.25) is 0 Å². The van der Waals surface area contributed by atoms with Crippen LogP contribution < -0.4 is 0 Å². The van der Waals surface area contributed by atoms with Crippen molar-refractivity contribution in [1.82, 2.24) is 0 Å². The molecular weight excluding hydrogens is 768 g/mol. The molecule has 0 bridgehead atoms. The highest BCUT2D eigenvalue weighted by molar-refractivity contribution is 5.23. The predicted octanol–water partition coefficient (Wildman–Crippen LogP) is -2.92. The summed E-state index contributed by atoms with van der Waals surface area (Å²) in [5.74, 6) is -1.10. The summed E-state index contributed by atoms with van der Waals surface area (Å²) in [5.41, 5.74) is -3.36. The first-order valence-electron chi connectivity index (χ1n) is 21.1. The maximum atomic E-state index is 12.0. The fourth-order valence-corrected chi connectivity index (χ4v) is 13.3. The first kappa shape index (κ1) is 45.3. The van der Waals surface area contributed by atoms with Crippen LogP contribution in [0.25, 0.3) is 0 Å². The Labute approximate surface area is 338 Å². The van der Waals surface area contributed by atoms with E-state index in [0.29, 0.717) is 38.5 Å². The van der Waals surface area contributed by atoms with Gasteiger partial charge in [-0.2, -0.15) is 0 Å². The van der Waals surface area contributed by atoms with Gasteiger partial charge in [0.05, 0.1) is 32.0 Å². The minimum absolute atomic E-state index is 0.0162. The Hall–Kier alpha value is -0.720. The molecule has 18 nitrogen and oxygen atoms in total. The molecule has 0 aromatic rings. The number of aliphatic hydroxyl groups excluding tert-OH is 12. The minimum Gasteiger partial charge on any atom is -0.394 e. The number of methoxy groups -OCH3 is 1. The number of aliphatic hydroxyl groups is 12. The van der Waals surface area contributed by atoms with Gasteiger partial charge in [0.2, 0.25) is 0 Å². The normalized spacial score (nSPS) is 57.3. The van der Waals surface area contributed by atoms with Gasteiger partial charge in [0.25, 0.3) is 0 Å². The molecule has 0 amide bonds. The van der Waals surface area contributed by atoms with Crippen LogP contribution >= 0.6 is 0 Å². The Kier molecular flexibility index (Phi) is 12.8. The molecule has 7 aliphatic rings. The van der Waals surface area contributed by atoms with Gasteiger partial charge in [0.15, 0.2) is 18.4 Å². The van der Waals surface area contributed by atoms with Crippen LogP contribution in [0.2, 0.25) is 0 Å². The fraction of sp³-hybridized carbons (Fsp3) is 1.00. The smallest absolute Gasteiger partial charge is 0.187 e. The lowest BCUT2D eigenvalue weighted by Crippen LogP contribution is -2.79. The van der Waals surface area contributed by atoms with Gasteiger partial charge in [-0.15, -0.1) is 0 Å². The van der Waals surface area contributed by atoms with E-state index in [1.165, 1.54) is 0 Å². The second-order valence-electron chi connectivity index (χ2n) is 19.2. The zero-order valence-electron chi connectivity index (χ0n) is 34.0. The molecule has 336 valence electrons. The second kappa shape index (κ2) is 16.4. The van der Waals surface area contributed by atoms with E-state index in [2.05, 4.69) is 13.8 Å². The molecule has 0 radical (unpaired) electrons. The number of hydrogen-bond acceptors (Lipinski definition) is 18. The summed E-state index contributed by atoms with van der Waals surface area (Å²) in [5, 5.41) is 128. The molecule has 12 N–H and O–H groups in total. The van der Waals surface area contributed by atoms with E-state index >= 15 is 0 Å². The molecule has 0 aromatic carbocycles. The molecule has 3 aliphatic heterocycles. The first-order valence-corrected chi connectivity index (χ1v) is 21.1. The van der Waals surface area contributed by atoms with Gasteiger partial charge < -0.3 is 89.7 Å². The maximum Gasteiger partial charge on any atom is 0.187 e. The van der Waals surface area contributed by atoms with Crippen molar-refractivity contribution in [1.29, 1.82) is 0 Å². The van der Waals surface area contributed by atoms with Gasteiger partial charge in [0.1, 0.15) is 72.7 Å². The first-order chi connectivity index (χ1) is 27.3. The molecule has 58 heavy (non-hydrogen) atoms. The predicted molar refractivity (Wildman–Crippen MR) is 197 cm³/mol. The Morgan fingerprint density at radius 2 is 1.29 bits per heavy atom. The zero-order chi connectivity index (χ0) is 42.4. The lowest BCUT2D eigenvalue weighted by molar-refractivity contribution is -0.398. The van der Waals surface area contributed by atoms with Crippen LogP contribution in [0.3, 0.4) is 0 Å². The SMILES string of the molecule is COC1(CC[C@@H](C)CO[C@@H]2O[C@H](CO)[C@@H](O)[C@H](O)[C@H]2O)OC2C[C@H]3[C@@H]4CC[C@]5(O[C@@H]6O[C@H](CO)[C@@H](O)[C@H](O)[C@H]6O)[C@@H](O)[C@@H](O)[C@@H](O)[C@@H](O)[C@]5(C)[C@H]4CC[C@]3(C)C2[C@@H]1C. The number of ether oxygens (including phenoxy) is 6. The lowest BCUT2D eigenvalue weighted by atomic mass is 9.41. The van der Waals surface area contributed by atoms with E-state index in [1.807, 2.05) is 6.92 Å². The summed E-state index contributed by atoms with van der Waals surface area (Å²) >= 11 is 0. The van der Waals surface area contributed by atoms with Crippen LogP contribution in [0, 0.1) is 46.3 Å². The van der Waals surface area contributed by atoms with Crippen molar-refractivity contribution in [2.45, 2.75) is 176 Å². The molecule has 3 heterocycles. The Balaban J connectivity index is 1.07. The standard InChI is InChI=1S/C40H68O18/c1-16(15-54-35-31(49)27(45)25(43)22(13-41)55-35)6-11-40(53-5)17(2)24-21(57-40)12-20-18-7-10-39(58-36-32(50)28(46)26(44)23(14-42)56-36)34(52)30(48)29(47)33(51)38(39,4)19(18)8-9-37(20,24)3/h16-36,41-52H,6-15H2,1-5H3/t16-,17+,18-,19+,20+,21?,22-,23-,24?,25-,26-,27+,28+,29-,30+,31-,32-,33-,34+,35-,36+,37+,38+,39+,40?/m1/s1. The molecule has 0 spiro atoms. The maximum absolute atomic E-state index is 12.0. The Bertz CT molecular complexity index is 1430. The van der Waals surface area contributed by atoms with Crippen LogP contribution in [-0.4, -0.2) is 192 Å². The van der Waals surface area contributed by atoms with E-state index in [1.54, 1.807) is 14.0 Å². The van der Waals surface area contributed by atoms with Crippen molar-refractivity contribution in [2.75, 3.05) is 26.9 Å². The number of fused-ring (bicyclic) bond motifs is 7. The summed E-state index contributed by atoms with van der Waals surface area (Å²) in [6.07, 6.45) is -18.1. The third-order valence-corrected chi connectivity index (χ3v) is 16.6. The summed E-state index contributed by atoms with van der Waals surface area (Å²) < 4.78 is 36.7. The molecule has 4 aliphatic carbocycles. The van der Waals surface area contributed by atoms with Crippen molar-refractivity contribution in [3.8, 4) is 0 Å². The van der Waals surface area contributed by atoms with Crippen LogP contribution in [0.5, 0.6) is 0 Å². The van der Waals surface area contributed by atoms with E-state index in [0.717, 1.165) is 0 Å². The summed E-state index contributed by atoms with van der Waals surface area (Å²) in [6, 6.07) is 0. The molecule has 18 heteroatoms. The van der Waals surface area contributed by atoms with Crippen LogP contribution in [0.1, 0.15) is 72.6 Å². The second-order valence-corrected chi connectivity index (χ2v) is 19.2. The van der Waals surface area contributed by atoms with Gasteiger partial charge in [0, 0.05) is 24.9 Å². The Morgan fingerprint density at radius 3 is 1.90 bits per heavy atom. The van der Waals surface area contributed by atoms with E-state index < -0.39 is 116 Å². The van der Waals surface area contributed by atoms with Crippen molar-refractivity contribution in [2.24, 2.45) is 46.3 Å². The van der Waals surface area contributed by atoms with Crippen LogP contribution in [0.4, 0.5) is 0 Å². The van der Waals surface area contributed by atoms with E-state index in [4.69, 9.17) is 28.4 Å². The largest absolute Gasteiger partial charge is 0.394 e. The highest BCUT2D eigenvalue weighted by Gasteiger charge is 2.76. The molecule has 3 unspecified atom stereocenters. The molecular formula is C40H68O18. The summed E-state index contributed by atoms with van der Waals surface area (Å²) in [4.78, 5) is 0. The van der Waals surface area contributed by atoms with E-state index in [9.17, 15) is 61.3 Å². The summed E-state index contributed by atoms with van der Waals surface area (Å²) in [6.45, 7) is 7.09. The lowest BCUT2D eigenvalue weighted by Gasteiger charge is -2.68. The van der Waals surface area contributed by atoms with Crippen LogP contribution in [0.15, 0.2) is 0 Å². The van der Waals surface area contributed by atoms with Crippen molar-refractivity contribution in [3.05, 3.63) is 0 Å². The third kappa shape index (κ3) is 6.67.